The Balaban J connectivity index is 0.000000257. The molecule has 0 atom stereocenters. The number of esters is 1. The molecule has 1 N–H and O–H groups in total. The first kappa shape index (κ1) is 22.5. The molecule has 0 aromatic heterocycles. The highest BCUT2D eigenvalue weighted by Crippen LogP contribution is 2.42. The van der Waals surface area contributed by atoms with E-state index in [-0.39, 0.29) is 11.4 Å². The number of aliphatic hydroxyl groups excluding tert-OH is 1. The quantitative estimate of drug-likeness (QED) is 0.640. The SMILES string of the molecule is CCC1(CO)CCC(C)CC1.CCOC(=O)C1(CC)CCC(C)CC1. The van der Waals surface area contributed by atoms with Crippen LogP contribution >= 0.6 is 0 Å². The fraction of sp³-hybridized carbons (Fsp3) is 0.955. The maximum atomic E-state index is 11.8. The summed E-state index contributed by atoms with van der Waals surface area (Å²) < 4.78 is 5.17. The van der Waals surface area contributed by atoms with Crippen molar-refractivity contribution in [1.29, 1.82) is 0 Å². The molecule has 3 nitrogen and oxygen atoms in total. The summed E-state index contributed by atoms with van der Waals surface area (Å²) in [5.41, 5.74) is 0.148. The molecule has 0 aromatic rings. The summed E-state index contributed by atoms with van der Waals surface area (Å²) in [5.74, 6) is 1.71. The van der Waals surface area contributed by atoms with Crippen molar-refractivity contribution >= 4 is 5.97 Å². The first-order valence-electron chi connectivity index (χ1n) is 10.6. The predicted octanol–water partition coefficient (Wildman–Crippen LogP) is 5.74. The van der Waals surface area contributed by atoms with Crippen molar-refractivity contribution in [1.82, 2.24) is 0 Å². The summed E-state index contributed by atoms with van der Waals surface area (Å²) in [4.78, 5) is 11.8. The molecule has 25 heavy (non-hydrogen) atoms. The Morgan fingerprint density at radius 3 is 1.76 bits per heavy atom. The Morgan fingerprint density at radius 2 is 1.40 bits per heavy atom. The summed E-state index contributed by atoms with van der Waals surface area (Å²) in [6, 6.07) is 0. The van der Waals surface area contributed by atoms with E-state index in [1.807, 2.05) is 6.92 Å². The van der Waals surface area contributed by atoms with Crippen LogP contribution in [0.2, 0.25) is 0 Å². The molecular weight excluding hydrogens is 312 g/mol. The molecule has 0 unspecified atom stereocenters. The normalized spacial score (nSPS) is 35.4. The lowest BCUT2D eigenvalue weighted by atomic mass is 9.69. The van der Waals surface area contributed by atoms with Gasteiger partial charge in [0.15, 0.2) is 0 Å². The number of carbonyl (C=O) groups is 1. The van der Waals surface area contributed by atoms with Crippen LogP contribution in [0.1, 0.15) is 98.8 Å². The van der Waals surface area contributed by atoms with Gasteiger partial charge in [0.2, 0.25) is 0 Å². The lowest BCUT2D eigenvalue weighted by Gasteiger charge is -2.37. The number of rotatable bonds is 5. The smallest absolute Gasteiger partial charge is 0.312 e. The van der Waals surface area contributed by atoms with Gasteiger partial charge in [0.05, 0.1) is 12.0 Å². The van der Waals surface area contributed by atoms with Gasteiger partial charge < -0.3 is 9.84 Å². The first-order valence-corrected chi connectivity index (χ1v) is 10.6. The standard InChI is InChI=1S/C12H22O2.C10H20O/c1-4-12(11(13)14-5-2)8-6-10(3)7-9-12;1-3-10(8-11)6-4-9(2)5-7-10/h10H,4-9H2,1-3H3;9,11H,3-8H2,1-2H3. The molecule has 2 saturated carbocycles. The molecule has 2 aliphatic rings. The van der Waals surface area contributed by atoms with E-state index in [1.54, 1.807) is 0 Å². The molecule has 0 amide bonds. The molecule has 0 saturated heterocycles. The van der Waals surface area contributed by atoms with E-state index in [0.29, 0.717) is 18.6 Å². The van der Waals surface area contributed by atoms with Crippen molar-refractivity contribution in [3.63, 3.8) is 0 Å². The van der Waals surface area contributed by atoms with Crippen molar-refractivity contribution < 1.29 is 14.6 Å². The van der Waals surface area contributed by atoms with E-state index in [4.69, 9.17) is 4.74 Å². The molecule has 2 aliphatic carbocycles. The van der Waals surface area contributed by atoms with Gasteiger partial charge in [0.25, 0.3) is 0 Å². The fourth-order valence-corrected chi connectivity index (χ4v) is 4.30. The van der Waals surface area contributed by atoms with Gasteiger partial charge in [0.1, 0.15) is 0 Å². The topological polar surface area (TPSA) is 46.5 Å². The summed E-state index contributed by atoms with van der Waals surface area (Å²) in [6.07, 6.45) is 11.6. The second kappa shape index (κ2) is 10.5. The monoisotopic (exact) mass is 354 g/mol. The molecule has 148 valence electrons. The minimum absolute atomic E-state index is 0.0365. The largest absolute Gasteiger partial charge is 0.466 e. The third-order valence-electron chi connectivity index (χ3n) is 7.04. The summed E-state index contributed by atoms with van der Waals surface area (Å²) >= 11 is 0. The van der Waals surface area contributed by atoms with Crippen LogP contribution in [0.15, 0.2) is 0 Å². The van der Waals surface area contributed by atoms with E-state index in [9.17, 15) is 9.90 Å². The molecule has 0 bridgehead atoms. The van der Waals surface area contributed by atoms with Gasteiger partial charge in [-0.3, -0.25) is 4.79 Å². The van der Waals surface area contributed by atoms with Crippen LogP contribution in [0, 0.1) is 22.7 Å². The molecule has 2 fully saturated rings. The van der Waals surface area contributed by atoms with Crippen LogP contribution < -0.4 is 0 Å². The van der Waals surface area contributed by atoms with Crippen molar-refractivity contribution in [2.75, 3.05) is 13.2 Å². The lowest BCUT2D eigenvalue weighted by Crippen LogP contribution is -2.36. The van der Waals surface area contributed by atoms with Crippen LogP contribution in [0.5, 0.6) is 0 Å². The Hall–Kier alpha value is -0.570. The van der Waals surface area contributed by atoms with Gasteiger partial charge in [-0.15, -0.1) is 0 Å². The third-order valence-corrected chi connectivity index (χ3v) is 7.04. The highest BCUT2D eigenvalue weighted by molar-refractivity contribution is 5.76. The second-order valence-corrected chi connectivity index (χ2v) is 8.73. The van der Waals surface area contributed by atoms with E-state index in [0.717, 1.165) is 37.5 Å². The number of carbonyl (C=O) groups excluding carboxylic acids is 1. The number of aliphatic hydroxyl groups is 1. The zero-order chi connectivity index (χ0) is 18.9. The van der Waals surface area contributed by atoms with E-state index >= 15 is 0 Å². The average molecular weight is 355 g/mol. The minimum atomic E-state index is -0.150. The van der Waals surface area contributed by atoms with Crippen LogP contribution in [0.3, 0.4) is 0 Å². The number of hydrogen-bond donors (Lipinski definition) is 1. The Labute approximate surface area is 155 Å². The molecule has 2 rings (SSSR count). The van der Waals surface area contributed by atoms with Gasteiger partial charge in [-0.2, -0.15) is 0 Å². The minimum Gasteiger partial charge on any atom is -0.466 e. The second-order valence-electron chi connectivity index (χ2n) is 8.73. The van der Waals surface area contributed by atoms with Crippen molar-refractivity contribution in [2.24, 2.45) is 22.7 Å². The Bertz CT molecular complexity index is 369. The van der Waals surface area contributed by atoms with Crippen LogP contribution in [-0.4, -0.2) is 24.3 Å². The Morgan fingerprint density at radius 1 is 0.920 bits per heavy atom. The summed E-state index contributed by atoms with van der Waals surface area (Å²) in [7, 11) is 0. The highest BCUT2D eigenvalue weighted by Gasteiger charge is 2.40. The van der Waals surface area contributed by atoms with Crippen LogP contribution in [0.4, 0.5) is 0 Å². The molecule has 0 aromatic carbocycles. The van der Waals surface area contributed by atoms with Crippen LogP contribution in [-0.2, 0) is 9.53 Å². The summed E-state index contributed by atoms with van der Waals surface area (Å²) in [6.45, 7) is 11.7. The number of hydrogen-bond acceptors (Lipinski definition) is 3. The van der Waals surface area contributed by atoms with Gasteiger partial charge in [0, 0.05) is 6.61 Å². The van der Waals surface area contributed by atoms with E-state index in [1.165, 1.54) is 38.5 Å². The van der Waals surface area contributed by atoms with Crippen molar-refractivity contribution in [3.8, 4) is 0 Å². The van der Waals surface area contributed by atoms with Gasteiger partial charge in [-0.05, 0) is 75.5 Å². The molecule has 3 heteroatoms. The lowest BCUT2D eigenvalue weighted by molar-refractivity contribution is -0.158. The average Bonchev–Trinajstić information content (AvgIpc) is 2.64. The van der Waals surface area contributed by atoms with E-state index < -0.39 is 0 Å². The zero-order valence-electron chi connectivity index (χ0n) is 17.4. The number of ether oxygens (including phenoxy) is 1. The molecule has 0 heterocycles. The van der Waals surface area contributed by atoms with Gasteiger partial charge >= 0.3 is 5.97 Å². The first-order chi connectivity index (χ1) is 11.9. The fourth-order valence-electron chi connectivity index (χ4n) is 4.30. The molecule has 0 aliphatic heterocycles. The van der Waals surface area contributed by atoms with Crippen molar-refractivity contribution in [3.05, 3.63) is 0 Å². The molecule has 0 spiro atoms. The molecular formula is C22H42O3. The maximum Gasteiger partial charge on any atom is 0.312 e. The predicted molar refractivity (Wildman–Crippen MR) is 104 cm³/mol. The van der Waals surface area contributed by atoms with E-state index in [2.05, 4.69) is 27.7 Å². The molecule has 0 radical (unpaired) electrons. The maximum absolute atomic E-state index is 11.8. The highest BCUT2D eigenvalue weighted by atomic mass is 16.5. The third kappa shape index (κ3) is 6.27. The van der Waals surface area contributed by atoms with Gasteiger partial charge in [-0.25, -0.2) is 0 Å². The van der Waals surface area contributed by atoms with Crippen molar-refractivity contribution in [2.45, 2.75) is 98.8 Å². The Kier molecular flexibility index (Phi) is 9.48. The zero-order valence-corrected chi connectivity index (χ0v) is 17.4. The van der Waals surface area contributed by atoms with Crippen LogP contribution in [0.25, 0.3) is 0 Å². The summed E-state index contributed by atoms with van der Waals surface area (Å²) in [5, 5.41) is 9.23. The van der Waals surface area contributed by atoms with Gasteiger partial charge in [-0.1, -0.05) is 40.5 Å².